The molecule has 0 spiro atoms. The van der Waals surface area contributed by atoms with Crippen molar-refractivity contribution in [2.24, 2.45) is 0 Å². The largest absolute Gasteiger partial charge is 0.468 e. The summed E-state index contributed by atoms with van der Waals surface area (Å²) in [7, 11) is 4.80. The predicted octanol–water partition coefficient (Wildman–Crippen LogP) is -0.967. The van der Waals surface area contributed by atoms with Gasteiger partial charge in [-0.05, 0) is 5.56 Å². The molecule has 0 aliphatic carbocycles. The molecule has 2 heterocycles. The van der Waals surface area contributed by atoms with Gasteiger partial charge in [0.1, 0.15) is 23.5 Å². The molecular weight excluding hydrogens is 422 g/mol. The quantitative estimate of drug-likeness (QED) is 0.275. The highest BCUT2D eigenvalue weighted by atomic mass is 16.5. The first kappa shape index (κ1) is 23.1. The first-order valence-corrected chi connectivity index (χ1v) is 9.71. The fourth-order valence-corrected chi connectivity index (χ4v) is 4.25. The molecule has 1 aromatic carbocycles. The molecule has 172 valence electrons. The zero-order chi connectivity index (χ0) is 23.5. The van der Waals surface area contributed by atoms with Crippen LogP contribution in [0.3, 0.4) is 0 Å². The lowest BCUT2D eigenvalue weighted by Gasteiger charge is -2.36. The number of hydrogen-bond acceptors (Lipinski definition) is 11. The molecule has 0 aromatic heterocycles. The molecular formula is C21H25N3O8. The van der Waals surface area contributed by atoms with Crippen LogP contribution in [-0.2, 0) is 43.7 Å². The minimum absolute atomic E-state index is 0.116. The van der Waals surface area contributed by atoms with Crippen LogP contribution in [0.25, 0.3) is 0 Å². The van der Waals surface area contributed by atoms with Gasteiger partial charge in [0.15, 0.2) is 5.54 Å². The average molecular weight is 447 g/mol. The predicted molar refractivity (Wildman–Crippen MR) is 109 cm³/mol. The van der Waals surface area contributed by atoms with Gasteiger partial charge in [-0.1, -0.05) is 30.3 Å². The number of benzene rings is 1. The molecule has 2 aliphatic heterocycles. The molecule has 2 atom stereocenters. The Kier molecular flexibility index (Phi) is 6.40. The Morgan fingerprint density at radius 1 is 0.906 bits per heavy atom. The highest BCUT2D eigenvalue weighted by molar-refractivity contribution is 6.05. The summed E-state index contributed by atoms with van der Waals surface area (Å²) in [5, 5.41) is 5.80. The van der Waals surface area contributed by atoms with E-state index < -0.39 is 41.5 Å². The van der Waals surface area contributed by atoms with Crippen LogP contribution >= 0.6 is 0 Å². The highest BCUT2D eigenvalue weighted by Crippen LogP contribution is 2.61. The van der Waals surface area contributed by atoms with Gasteiger partial charge in [0.2, 0.25) is 0 Å². The van der Waals surface area contributed by atoms with Gasteiger partial charge in [-0.25, -0.2) is 9.59 Å². The third kappa shape index (κ3) is 3.34. The number of fused-ring (bicyclic) bond motifs is 1. The molecule has 3 rings (SSSR count). The molecule has 0 saturated carbocycles. The van der Waals surface area contributed by atoms with Crippen LogP contribution in [0.1, 0.15) is 5.56 Å². The van der Waals surface area contributed by atoms with Gasteiger partial charge in [-0.3, -0.25) is 14.9 Å². The van der Waals surface area contributed by atoms with E-state index in [-0.39, 0.29) is 17.9 Å². The van der Waals surface area contributed by atoms with Crippen molar-refractivity contribution in [2.45, 2.75) is 11.1 Å². The number of carbonyl (C=O) groups excluding carboxylic acids is 4. The van der Waals surface area contributed by atoms with Crippen molar-refractivity contribution >= 4 is 23.9 Å². The van der Waals surface area contributed by atoms with Gasteiger partial charge in [0.25, 0.3) is 0 Å². The topological polar surface area (TPSA) is 132 Å². The SMILES string of the molecule is COC(=O)CNC1=C(C(=O)OC)[C@](NCC(=O)OC)(C(=O)OC)[C@]2(c3ccccc3)CN12. The molecule has 11 nitrogen and oxygen atoms in total. The molecule has 0 bridgehead atoms. The lowest BCUT2D eigenvalue weighted by Crippen LogP contribution is -2.64. The van der Waals surface area contributed by atoms with Crippen molar-refractivity contribution < 1.29 is 38.1 Å². The third-order valence-corrected chi connectivity index (χ3v) is 5.73. The third-order valence-electron chi connectivity index (χ3n) is 5.73. The molecule has 2 aliphatic rings. The molecule has 2 N–H and O–H groups in total. The fraction of sp³-hybridized carbons (Fsp3) is 0.429. The second kappa shape index (κ2) is 8.87. The van der Waals surface area contributed by atoms with Crippen molar-refractivity contribution in [1.82, 2.24) is 15.5 Å². The number of carbonyl (C=O) groups is 4. The van der Waals surface area contributed by atoms with E-state index in [1.807, 2.05) is 6.07 Å². The van der Waals surface area contributed by atoms with E-state index in [1.54, 1.807) is 29.2 Å². The minimum atomic E-state index is -1.83. The van der Waals surface area contributed by atoms with Crippen LogP contribution in [-0.4, -0.2) is 82.4 Å². The van der Waals surface area contributed by atoms with Gasteiger partial charge in [0, 0.05) is 0 Å². The Labute approximate surface area is 184 Å². The number of rotatable bonds is 9. The van der Waals surface area contributed by atoms with Crippen molar-refractivity contribution in [3.05, 3.63) is 47.3 Å². The van der Waals surface area contributed by atoms with Crippen LogP contribution in [0, 0.1) is 0 Å². The van der Waals surface area contributed by atoms with Gasteiger partial charge in [-0.2, -0.15) is 0 Å². The lowest BCUT2D eigenvalue weighted by atomic mass is 9.74. The van der Waals surface area contributed by atoms with E-state index in [4.69, 9.17) is 14.2 Å². The minimum Gasteiger partial charge on any atom is -0.468 e. The average Bonchev–Trinajstić information content (AvgIpc) is 3.54. The smallest absolute Gasteiger partial charge is 0.340 e. The summed E-state index contributed by atoms with van der Waals surface area (Å²) in [5.41, 5.74) is -2.37. The molecule has 1 saturated heterocycles. The molecule has 1 fully saturated rings. The molecule has 1 aromatic rings. The van der Waals surface area contributed by atoms with Gasteiger partial charge in [0.05, 0.1) is 41.5 Å². The highest BCUT2D eigenvalue weighted by Gasteiger charge is 2.79. The zero-order valence-corrected chi connectivity index (χ0v) is 18.2. The van der Waals surface area contributed by atoms with Crippen molar-refractivity contribution in [3.8, 4) is 0 Å². The van der Waals surface area contributed by atoms with Crippen LogP contribution < -0.4 is 10.6 Å². The van der Waals surface area contributed by atoms with Crippen molar-refractivity contribution in [3.63, 3.8) is 0 Å². The second-order valence-corrected chi connectivity index (χ2v) is 7.13. The number of hydrogen-bond donors (Lipinski definition) is 2. The van der Waals surface area contributed by atoms with Crippen LogP contribution in [0.15, 0.2) is 41.7 Å². The molecule has 11 heteroatoms. The zero-order valence-electron chi connectivity index (χ0n) is 18.2. The Morgan fingerprint density at radius 3 is 2.09 bits per heavy atom. The van der Waals surface area contributed by atoms with Gasteiger partial charge in [-0.15, -0.1) is 0 Å². The van der Waals surface area contributed by atoms with Crippen molar-refractivity contribution in [1.29, 1.82) is 0 Å². The first-order valence-electron chi connectivity index (χ1n) is 9.71. The van der Waals surface area contributed by atoms with E-state index in [9.17, 15) is 19.2 Å². The maximum atomic E-state index is 13.4. The Balaban J connectivity index is 2.24. The standard InChI is InChI=1S/C21H25N3O8/c1-29-14(25)10-22-17-16(18(27)31-3)21(19(28)32-4,23-11-15(26)30-2)20(12-24(17)20)13-8-6-5-7-9-13/h5-9,22-23H,10-12H2,1-4H3/t20-,21+,24?/m1/s1. The van der Waals surface area contributed by atoms with Gasteiger partial charge >= 0.3 is 23.9 Å². The summed E-state index contributed by atoms with van der Waals surface area (Å²) in [6, 6.07) is 9.00. The lowest BCUT2D eigenvalue weighted by molar-refractivity contribution is -0.152. The molecule has 32 heavy (non-hydrogen) atoms. The number of ether oxygens (including phenoxy) is 4. The van der Waals surface area contributed by atoms with E-state index in [1.165, 1.54) is 28.4 Å². The maximum absolute atomic E-state index is 13.4. The van der Waals surface area contributed by atoms with E-state index in [2.05, 4.69) is 15.4 Å². The number of nitrogens with one attached hydrogen (secondary N) is 2. The Hall–Kier alpha value is -3.60. The van der Waals surface area contributed by atoms with E-state index in [0.29, 0.717) is 12.1 Å². The summed E-state index contributed by atoms with van der Waals surface area (Å²) in [6.45, 7) is -0.356. The van der Waals surface area contributed by atoms with Crippen LogP contribution in [0.2, 0.25) is 0 Å². The first-order chi connectivity index (χ1) is 15.3. The maximum Gasteiger partial charge on any atom is 0.340 e. The second-order valence-electron chi connectivity index (χ2n) is 7.13. The van der Waals surface area contributed by atoms with Crippen LogP contribution in [0.4, 0.5) is 0 Å². The number of methoxy groups -OCH3 is 4. The molecule has 0 unspecified atom stereocenters. The number of esters is 4. The normalized spacial score (nSPS) is 23.2. The summed E-state index contributed by atoms with van der Waals surface area (Å²) in [4.78, 5) is 51.9. The monoisotopic (exact) mass is 447 g/mol. The fourth-order valence-electron chi connectivity index (χ4n) is 4.25. The van der Waals surface area contributed by atoms with Crippen molar-refractivity contribution in [2.75, 3.05) is 48.1 Å². The van der Waals surface area contributed by atoms with Crippen LogP contribution in [0.5, 0.6) is 0 Å². The number of nitrogens with zero attached hydrogens (tertiary/aromatic N) is 1. The molecule has 0 radical (unpaired) electrons. The summed E-state index contributed by atoms with van der Waals surface area (Å²) < 4.78 is 19.5. The Morgan fingerprint density at radius 2 is 1.53 bits per heavy atom. The van der Waals surface area contributed by atoms with E-state index >= 15 is 0 Å². The summed E-state index contributed by atoms with van der Waals surface area (Å²) in [5.74, 6) is -2.66. The summed E-state index contributed by atoms with van der Waals surface area (Å²) >= 11 is 0. The van der Waals surface area contributed by atoms with Gasteiger partial charge < -0.3 is 29.2 Å². The summed E-state index contributed by atoms with van der Waals surface area (Å²) in [6.07, 6.45) is 0. The van der Waals surface area contributed by atoms with E-state index in [0.717, 1.165) is 0 Å². The Bertz CT molecular complexity index is 963. The molecule has 0 amide bonds.